The first-order valence-corrected chi connectivity index (χ1v) is 10.4. The van der Waals surface area contributed by atoms with Gasteiger partial charge in [0, 0.05) is 6.21 Å². The van der Waals surface area contributed by atoms with Gasteiger partial charge < -0.3 is 4.74 Å². The molecule has 0 saturated heterocycles. The van der Waals surface area contributed by atoms with Gasteiger partial charge in [-0.25, -0.2) is 13.9 Å². The molecule has 2 aromatic rings. The smallest absolute Gasteiger partial charge is 0.269 e. The molecule has 2 aromatic carbocycles. The largest absolute Gasteiger partial charge is 0.457 e. The monoisotopic (exact) mass is 403 g/mol. The molecule has 3 rings (SSSR count). The van der Waals surface area contributed by atoms with Gasteiger partial charge in [0.05, 0.1) is 5.75 Å². The van der Waals surface area contributed by atoms with Gasteiger partial charge in [0.2, 0.25) is 0 Å². The first kappa shape index (κ1) is 19.8. The van der Waals surface area contributed by atoms with Gasteiger partial charge in [0.1, 0.15) is 17.5 Å². The maximum absolute atomic E-state index is 12.6. The topological polar surface area (TPSA) is 108 Å². The van der Waals surface area contributed by atoms with Gasteiger partial charge in [-0.1, -0.05) is 30.3 Å². The fourth-order valence-corrected chi connectivity index (χ4v) is 4.30. The maximum Gasteiger partial charge on any atom is 0.269 e. The van der Waals surface area contributed by atoms with Gasteiger partial charge in [0.25, 0.3) is 15.9 Å². The molecule has 148 valence electrons. The SMILES string of the molecule is O=C(NO)C1CCC=NN1S(=O)(=O)CCc1ccc(Oc2ccccc2)cc1. The Bertz CT molecular complexity index is 930. The van der Waals surface area contributed by atoms with E-state index in [0.29, 0.717) is 17.9 Å². The van der Waals surface area contributed by atoms with E-state index in [-0.39, 0.29) is 18.6 Å². The van der Waals surface area contributed by atoms with Gasteiger partial charge in [0.15, 0.2) is 0 Å². The van der Waals surface area contributed by atoms with Gasteiger partial charge >= 0.3 is 0 Å². The van der Waals surface area contributed by atoms with Crippen LogP contribution in [-0.4, -0.2) is 42.0 Å². The average molecular weight is 403 g/mol. The Balaban J connectivity index is 1.63. The zero-order valence-electron chi connectivity index (χ0n) is 15.1. The number of hydrogen-bond donors (Lipinski definition) is 2. The normalized spacial score (nSPS) is 16.6. The summed E-state index contributed by atoms with van der Waals surface area (Å²) in [6, 6.07) is 15.4. The summed E-state index contributed by atoms with van der Waals surface area (Å²) >= 11 is 0. The number of hydrogen-bond acceptors (Lipinski definition) is 6. The number of carbonyl (C=O) groups is 1. The number of aryl methyl sites for hydroxylation is 1. The van der Waals surface area contributed by atoms with Crippen molar-refractivity contribution >= 4 is 22.1 Å². The number of nitrogens with one attached hydrogen (secondary N) is 1. The fourth-order valence-electron chi connectivity index (χ4n) is 2.82. The molecule has 2 N–H and O–H groups in total. The lowest BCUT2D eigenvalue weighted by molar-refractivity contribution is -0.133. The lowest BCUT2D eigenvalue weighted by atomic mass is 10.1. The second-order valence-corrected chi connectivity index (χ2v) is 8.21. The predicted molar refractivity (Wildman–Crippen MR) is 104 cm³/mol. The molecule has 0 bridgehead atoms. The number of benzene rings is 2. The zero-order chi connectivity index (χ0) is 20.0. The van der Waals surface area contributed by atoms with Crippen LogP contribution in [0.4, 0.5) is 0 Å². The average Bonchev–Trinajstić information content (AvgIpc) is 2.73. The highest BCUT2D eigenvalue weighted by molar-refractivity contribution is 7.89. The van der Waals surface area contributed by atoms with Crippen LogP contribution in [0.15, 0.2) is 59.7 Å². The molecule has 1 aliphatic rings. The molecule has 0 aromatic heterocycles. The minimum absolute atomic E-state index is 0.210. The number of amides is 1. The number of carbonyl (C=O) groups excluding carboxylic acids is 1. The Morgan fingerprint density at radius 2 is 1.82 bits per heavy atom. The van der Waals surface area contributed by atoms with Crippen LogP contribution in [-0.2, 0) is 21.2 Å². The third-order valence-corrected chi connectivity index (χ3v) is 5.92. The molecule has 28 heavy (non-hydrogen) atoms. The van der Waals surface area contributed by atoms with Crippen LogP contribution in [0.1, 0.15) is 18.4 Å². The van der Waals surface area contributed by atoms with Crippen LogP contribution in [0.3, 0.4) is 0 Å². The van der Waals surface area contributed by atoms with E-state index in [0.717, 1.165) is 9.98 Å². The molecule has 1 atom stereocenters. The van der Waals surface area contributed by atoms with Gasteiger partial charge in [-0.2, -0.15) is 9.52 Å². The van der Waals surface area contributed by atoms with E-state index in [2.05, 4.69) is 5.10 Å². The Morgan fingerprint density at radius 3 is 2.50 bits per heavy atom. The van der Waals surface area contributed by atoms with E-state index in [4.69, 9.17) is 9.94 Å². The van der Waals surface area contributed by atoms with E-state index in [9.17, 15) is 13.2 Å². The van der Waals surface area contributed by atoms with Crippen molar-refractivity contribution in [3.8, 4) is 11.5 Å². The molecule has 1 aliphatic heterocycles. The molecule has 0 saturated carbocycles. The number of para-hydroxylation sites is 1. The summed E-state index contributed by atoms with van der Waals surface area (Å²) in [4.78, 5) is 11.7. The number of hydroxylamine groups is 1. The molecule has 0 spiro atoms. The highest BCUT2D eigenvalue weighted by Gasteiger charge is 2.34. The van der Waals surface area contributed by atoms with E-state index >= 15 is 0 Å². The molecule has 0 fully saturated rings. The molecule has 1 heterocycles. The third-order valence-electron chi connectivity index (χ3n) is 4.28. The number of hydrazone groups is 1. The van der Waals surface area contributed by atoms with Crippen LogP contribution >= 0.6 is 0 Å². The van der Waals surface area contributed by atoms with Crippen LogP contribution in [0.25, 0.3) is 0 Å². The number of rotatable bonds is 7. The summed E-state index contributed by atoms with van der Waals surface area (Å²) < 4.78 is 31.7. The molecule has 9 heteroatoms. The van der Waals surface area contributed by atoms with Crippen molar-refractivity contribution < 1.29 is 23.2 Å². The molecule has 8 nitrogen and oxygen atoms in total. The molecule has 0 radical (unpaired) electrons. The Morgan fingerprint density at radius 1 is 1.14 bits per heavy atom. The standard InChI is InChI=1S/C19H21N3O5S/c23-19(21-24)18-7-4-13-20-22(18)28(25,26)14-12-15-8-10-17(11-9-15)27-16-5-2-1-3-6-16/h1-3,5-6,8-11,13,18,24H,4,7,12,14H2,(H,21,23). The Hall–Kier alpha value is -2.91. The summed E-state index contributed by atoms with van der Waals surface area (Å²) in [7, 11) is -3.81. The summed E-state index contributed by atoms with van der Waals surface area (Å²) in [6.07, 6.45) is 2.44. The Kier molecular flexibility index (Phi) is 6.27. The molecular formula is C19H21N3O5S. The van der Waals surface area contributed by atoms with Gasteiger partial charge in [-0.15, -0.1) is 0 Å². The third kappa shape index (κ3) is 4.87. The van der Waals surface area contributed by atoms with Crippen molar-refractivity contribution in [2.45, 2.75) is 25.3 Å². The second kappa shape index (κ2) is 8.85. The van der Waals surface area contributed by atoms with Crippen molar-refractivity contribution in [1.29, 1.82) is 0 Å². The Labute approximate surface area is 163 Å². The van der Waals surface area contributed by atoms with Crippen molar-refractivity contribution in [3.05, 3.63) is 60.2 Å². The predicted octanol–water partition coefficient (Wildman–Crippen LogP) is 2.31. The highest BCUT2D eigenvalue weighted by atomic mass is 32.2. The first-order valence-electron chi connectivity index (χ1n) is 8.80. The van der Waals surface area contributed by atoms with Crippen LogP contribution in [0.2, 0.25) is 0 Å². The molecule has 1 amide bonds. The van der Waals surface area contributed by atoms with Gasteiger partial charge in [-0.05, 0) is 49.1 Å². The van der Waals surface area contributed by atoms with Crippen molar-refractivity contribution in [3.63, 3.8) is 0 Å². The van der Waals surface area contributed by atoms with Crippen LogP contribution in [0.5, 0.6) is 11.5 Å². The summed E-state index contributed by atoms with van der Waals surface area (Å²) in [6.45, 7) is 0. The molecule has 0 aliphatic carbocycles. The second-order valence-electron chi connectivity index (χ2n) is 6.26. The lowest BCUT2D eigenvalue weighted by Gasteiger charge is -2.29. The number of nitrogens with zero attached hydrogens (tertiary/aromatic N) is 2. The van der Waals surface area contributed by atoms with Crippen molar-refractivity contribution in [1.82, 2.24) is 9.89 Å². The molecule has 1 unspecified atom stereocenters. The fraction of sp³-hybridized carbons (Fsp3) is 0.263. The van der Waals surface area contributed by atoms with Gasteiger partial charge in [-0.3, -0.25) is 10.0 Å². The van der Waals surface area contributed by atoms with E-state index < -0.39 is 22.0 Å². The first-order chi connectivity index (χ1) is 13.5. The summed E-state index contributed by atoms with van der Waals surface area (Å²) in [5, 5.41) is 12.7. The minimum Gasteiger partial charge on any atom is -0.457 e. The summed E-state index contributed by atoms with van der Waals surface area (Å²) in [5.41, 5.74) is 2.32. The minimum atomic E-state index is -3.81. The van der Waals surface area contributed by atoms with E-state index in [1.807, 2.05) is 30.3 Å². The van der Waals surface area contributed by atoms with Crippen molar-refractivity contribution in [2.75, 3.05) is 5.75 Å². The summed E-state index contributed by atoms with van der Waals surface area (Å²) in [5.74, 6) is 0.369. The van der Waals surface area contributed by atoms with E-state index in [1.165, 1.54) is 11.7 Å². The maximum atomic E-state index is 12.6. The van der Waals surface area contributed by atoms with Crippen LogP contribution in [0, 0.1) is 0 Å². The quantitative estimate of drug-likeness (QED) is 0.545. The molecular weight excluding hydrogens is 382 g/mol. The lowest BCUT2D eigenvalue weighted by Crippen LogP contribution is -2.48. The van der Waals surface area contributed by atoms with E-state index in [1.54, 1.807) is 24.3 Å². The van der Waals surface area contributed by atoms with Crippen LogP contribution < -0.4 is 10.2 Å². The number of sulfonamides is 1. The van der Waals surface area contributed by atoms with Crippen molar-refractivity contribution in [2.24, 2.45) is 5.10 Å². The highest BCUT2D eigenvalue weighted by Crippen LogP contribution is 2.22. The zero-order valence-corrected chi connectivity index (χ0v) is 15.9. The number of ether oxygens (including phenoxy) is 1.